The molecule has 0 spiro atoms. The number of thioether (sulfide) groups is 1. The van der Waals surface area contributed by atoms with Crippen LogP contribution in [0.25, 0.3) is 0 Å². The zero-order chi connectivity index (χ0) is 11.1. The summed E-state index contributed by atoms with van der Waals surface area (Å²) < 4.78 is 0. The molecule has 0 aliphatic carbocycles. The Labute approximate surface area is 94.9 Å². The second-order valence-electron chi connectivity index (χ2n) is 3.34. The van der Waals surface area contributed by atoms with E-state index in [0.29, 0.717) is 17.4 Å². The van der Waals surface area contributed by atoms with Crippen LogP contribution in [0.1, 0.15) is 18.9 Å². The summed E-state index contributed by atoms with van der Waals surface area (Å²) in [5, 5.41) is 12.1. The number of anilines is 1. The maximum Gasteiger partial charge on any atom is 0.144 e. The van der Waals surface area contributed by atoms with Crippen molar-refractivity contribution < 1.29 is 0 Å². The van der Waals surface area contributed by atoms with E-state index in [1.165, 1.54) is 0 Å². The fourth-order valence-corrected chi connectivity index (χ4v) is 1.80. The van der Waals surface area contributed by atoms with Crippen molar-refractivity contribution in [3.05, 3.63) is 23.9 Å². The maximum absolute atomic E-state index is 8.87. The fraction of sp³-hybridized carbons (Fsp3) is 0.455. The van der Waals surface area contributed by atoms with Gasteiger partial charge >= 0.3 is 0 Å². The van der Waals surface area contributed by atoms with Crippen LogP contribution in [0.5, 0.6) is 0 Å². The molecule has 0 amide bonds. The lowest BCUT2D eigenvalue weighted by molar-refractivity contribution is 0.766. The number of hydrogen-bond donors (Lipinski definition) is 1. The zero-order valence-corrected chi connectivity index (χ0v) is 9.84. The van der Waals surface area contributed by atoms with Crippen LogP contribution in [0, 0.1) is 11.3 Å². The summed E-state index contributed by atoms with van der Waals surface area (Å²) in [5.41, 5.74) is 0.605. The van der Waals surface area contributed by atoms with Crippen molar-refractivity contribution in [3.8, 4) is 6.07 Å². The second-order valence-corrected chi connectivity index (χ2v) is 4.32. The van der Waals surface area contributed by atoms with Gasteiger partial charge in [0.25, 0.3) is 0 Å². The Bertz CT molecular complexity index is 346. The van der Waals surface area contributed by atoms with Crippen molar-refractivity contribution in [1.29, 1.82) is 5.26 Å². The number of hydrogen-bond acceptors (Lipinski definition) is 4. The average molecular weight is 221 g/mol. The lowest BCUT2D eigenvalue weighted by atomic mass is 10.2. The lowest BCUT2D eigenvalue weighted by Gasteiger charge is -2.14. The molecule has 15 heavy (non-hydrogen) atoms. The zero-order valence-electron chi connectivity index (χ0n) is 9.03. The van der Waals surface area contributed by atoms with Gasteiger partial charge < -0.3 is 5.32 Å². The van der Waals surface area contributed by atoms with Crippen molar-refractivity contribution in [1.82, 2.24) is 4.98 Å². The average Bonchev–Trinajstić information content (AvgIpc) is 2.27. The van der Waals surface area contributed by atoms with E-state index in [2.05, 4.69) is 29.5 Å². The molecule has 0 saturated carbocycles. The number of nitrogens with zero attached hydrogens (tertiary/aromatic N) is 2. The first-order valence-electron chi connectivity index (χ1n) is 4.88. The molecule has 0 radical (unpaired) electrons. The molecule has 1 rings (SSSR count). The van der Waals surface area contributed by atoms with Gasteiger partial charge in [-0.05, 0) is 37.5 Å². The van der Waals surface area contributed by atoms with Crippen molar-refractivity contribution >= 4 is 17.6 Å². The smallest absolute Gasteiger partial charge is 0.144 e. The highest BCUT2D eigenvalue weighted by molar-refractivity contribution is 7.98. The van der Waals surface area contributed by atoms with E-state index in [-0.39, 0.29) is 0 Å². The summed E-state index contributed by atoms with van der Waals surface area (Å²) in [6.45, 7) is 2.10. The molecule has 80 valence electrons. The molecule has 0 aliphatic heterocycles. The Balaban J connectivity index is 2.60. The van der Waals surface area contributed by atoms with Crippen molar-refractivity contribution in [3.63, 3.8) is 0 Å². The van der Waals surface area contributed by atoms with Crippen LogP contribution < -0.4 is 5.32 Å². The van der Waals surface area contributed by atoms with Crippen molar-refractivity contribution in [2.45, 2.75) is 19.4 Å². The highest BCUT2D eigenvalue weighted by Gasteiger charge is 2.06. The van der Waals surface area contributed by atoms with Gasteiger partial charge in [-0.25, -0.2) is 4.98 Å². The quantitative estimate of drug-likeness (QED) is 0.830. The summed E-state index contributed by atoms with van der Waals surface area (Å²) in [4.78, 5) is 4.16. The summed E-state index contributed by atoms with van der Waals surface area (Å²) in [6.07, 6.45) is 4.86. The molecule has 0 saturated heterocycles. The SMILES string of the molecule is CSCCC(C)Nc1ncccc1C#N. The normalized spacial score (nSPS) is 11.8. The summed E-state index contributed by atoms with van der Waals surface area (Å²) in [7, 11) is 0. The standard InChI is InChI=1S/C11H15N3S/c1-9(5-7-15-2)14-11-10(8-12)4-3-6-13-11/h3-4,6,9H,5,7H2,1-2H3,(H,13,14). The molecule has 1 aromatic heterocycles. The van der Waals surface area contributed by atoms with Crippen LogP contribution in [0.15, 0.2) is 18.3 Å². The van der Waals surface area contributed by atoms with E-state index in [1.54, 1.807) is 18.3 Å². The van der Waals surface area contributed by atoms with E-state index in [9.17, 15) is 0 Å². The van der Waals surface area contributed by atoms with E-state index in [1.807, 2.05) is 11.8 Å². The van der Waals surface area contributed by atoms with E-state index in [4.69, 9.17) is 5.26 Å². The number of aromatic nitrogens is 1. The minimum atomic E-state index is 0.347. The van der Waals surface area contributed by atoms with Crippen LogP contribution in [0.4, 0.5) is 5.82 Å². The Morgan fingerprint density at radius 2 is 2.47 bits per heavy atom. The molecule has 3 nitrogen and oxygen atoms in total. The Kier molecular flexibility index (Phi) is 4.99. The molecular formula is C11H15N3S. The Hall–Kier alpha value is -1.21. The van der Waals surface area contributed by atoms with Gasteiger partial charge in [0.2, 0.25) is 0 Å². The first kappa shape index (κ1) is 11.9. The predicted molar refractivity (Wildman–Crippen MR) is 65.0 cm³/mol. The highest BCUT2D eigenvalue weighted by atomic mass is 32.2. The van der Waals surface area contributed by atoms with Crippen LogP contribution in [0.2, 0.25) is 0 Å². The molecule has 0 bridgehead atoms. The van der Waals surface area contributed by atoms with Gasteiger partial charge in [0, 0.05) is 12.2 Å². The number of rotatable bonds is 5. The summed E-state index contributed by atoms with van der Waals surface area (Å²) in [6, 6.07) is 6.02. The second kappa shape index (κ2) is 6.31. The van der Waals surface area contributed by atoms with Gasteiger partial charge in [0.15, 0.2) is 0 Å². The maximum atomic E-state index is 8.87. The van der Waals surface area contributed by atoms with Crippen LogP contribution >= 0.6 is 11.8 Å². The Morgan fingerprint density at radius 3 is 3.13 bits per heavy atom. The molecule has 0 aliphatic rings. The molecule has 0 fully saturated rings. The molecule has 1 aromatic rings. The monoisotopic (exact) mass is 221 g/mol. The topological polar surface area (TPSA) is 48.7 Å². The minimum absolute atomic E-state index is 0.347. The molecule has 0 aromatic carbocycles. The number of nitrogens with one attached hydrogen (secondary N) is 1. The summed E-state index contributed by atoms with van der Waals surface area (Å²) >= 11 is 1.83. The Morgan fingerprint density at radius 1 is 1.67 bits per heavy atom. The molecular weight excluding hydrogens is 206 g/mol. The summed E-state index contributed by atoms with van der Waals surface area (Å²) in [5.74, 6) is 1.80. The van der Waals surface area contributed by atoms with Gasteiger partial charge in [-0.15, -0.1) is 0 Å². The van der Waals surface area contributed by atoms with Crippen LogP contribution in [-0.4, -0.2) is 23.0 Å². The van der Waals surface area contributed by atoms with E-state index < -0.39 is 0 Å². The minimum Gasteiger partial charge on any atom is -0.366 e. The molecule has 1 unspecified atom stereocenters. The lowest BCUT2D eigenvalue weighted by Crippen LogP contribution is -2.17. The van der Waals surface area contributed by atoms with Gasteiger partial charge in [-0.2, -0.15) is 17.0 Å². The molecule has 1 heterocycles. The third kappa shape index (κ3) is 3.80. The van der Waals surface area contributed by atoms with Gasteiger partial charge in [0.05, 0.1) is 5.56 Å². The predicted octanol–water partition coefficient (Wildman–Crippen LogP) is 2.51. The van der Waals surface area contributed by atoms with Crippen LogP contribution in [0.3, 0.4) is 0 Å². The van der Waals surface area contributed by atoms with Crippen LogP contribution in [-0.2, 0) is 0 Å². The van der Waals surface area contributed by atoms with Crippen molar-refractivity contribution in [2.75, 3.05) is 17.3 Å². The largest absolute Gasteiger partial charge is 0.366 e. The fourth-order valence-electron chi connectivity index (χ4n) is 1.21. The van der Waals surface area contributed by atoms with Gasteiger partial charge in [0.1, 0.15) is 11.9 Å². The number of nitriles is 1. The molecule has 1 N–H and O–H groups in total. The van der Waals surface area contributed by atoms with E-state index in [0.717, 1.165) is 12.2 Å². The third-order valence-corrected chi connectivity index (χ3v) is 2.71. The third-order valence-electron chi connectivity index (χ3n) is 2.07. The number of pyridine rings is 1. The van der Waals surface area contributed by atoms with Gasteiger partial charge in [-0.1, -0.05) is 0 Å². The molecule has 1 atom stereocenters. The van der Waals surface area contributed by atoms with Crippen molar-refractivity contribution in [2.24, 2.45) is 0 Å². The van der Waals surface area contributed by atoms with E-state index >= 15 is 0 Å². The highest BCUT2D eigenvalue weighted by Crippen LogP contribution is 2.12. The first-order valence-corrected chi connectivity index (χ1v) is 6.28. The molecule has 4 heteroatoms. The first-order chi connectivity index (χ1) is 7.27. The van der Waals surface area contributed by atoms with Gasteiger partial charge in [-0.3, -0.25) is 0 Å².